The van der Waals surface area contributed by atoms with E-state index in [9.17, 15) is 40.5 Å². The number of rotatable bonds is 42. The van der Waals surface area contributed by atoms with Crippen molar-refractivity contribution >= 4 is 5.97 Å². The van der Waals surface area contributed by atoms with Gasteiger partial charge in [0.05, 0.1) is 33.0 Å². The Hall–Kier alpha value is -3.35. The fourth-order valence-corrected chi connectivity index (χ4v) is 7.93. The van der Waals surface area contributed by atoms with Gasteiger partial charge >= 0.3 is 5.97 Å². The maximum Gasteiger partial charge on any atom is 0.306 e. The van der Waals surface area contributed by atoms with E-state index in [0.29, 0.717) is 19.4 Å². The molecule has 11 atom stereocenters. The minimum absolute atomic E-state index is 0.00147. The molecule has 0 amide bonds. The minimum atomic E-state index is -1.73. The van der Waals surface area contributed by atoms with Crippen molar-refractivity contribution in [3.05, 3.63) is 109 Å². The Bertz CT molecular complexity index is 1620. The van der Waals surface area contributed by atoms with E-state index in [1.54, 1.807) is 0 Å². The second-order valence-electron chi connectivity index (χ2n) is 18.6. The van der Waals surface area contributed by atoms with Gasteiger partial charge in [-0.15, -0.1) is 0 Å². The van der Waals surface area contributed by atoms with Gasteiger partial charge in [0.2, 0.25) is 0 Å². The van der Waals surface area contributed by atoms with Crippen LogP contribution < -0.4 is 0 Å². The van der Waals surface area contributed by atoms with Gasteiger partial charge in [-0.25, -0.2) is 0 Å². The van der Waals surface area contributed by atoms with Crippen molar-refractivity contribution in [1.82, 2.24) is 0 Å². The number of hydrogen-bond acceptors (Lipinski definition) is 14. The van der Waals surface area contributed by atoms with Crippen molar-refractivity contribution in [2.75, 3.05) is 33.0 Å². The molecule has 416 valence electrons. The maximum atomic E-state index is 13.1. The van der Waals surface area contributed by atoms with Gasteiger partial charge in [0, 0.05) is 6.42 Å². The van der Waals surface area contributed by atoms with Crippen LogP contribution in [0, 0.1) is 0 Å². The number of aliphatic hydroxyl groups is 7. The first-order valence-electron chi connectivity index (χ1n) is 27.5. The van der Waals surface area contributed by atoms with Gasteiger partial charge in [-0.1, -0.05) is 175 Å². The van der Waals surface area contributed by atoms with Gasteiger partial charge in [0.25, 0.3) is 0 Å². The van der Waals surface area contributed by atoms with Crippen LogP contribution in [0.5, 0.6) is 0 Å². The van der Waals surface area contributed by atoms with Crippen molar-refractivity contribution in [2.45, 2.75) is 223 Å². The molecule has 0 spiro atoms. The van der Waals surface area contributed by atoms with Crippen molar-refractivity contribution in [3.63, 3.8) is 0 Å². The van der Waals surface area contributed by atoms with Gasteiger partial charge in [0.15, 0.2) is 12.6 Å². The summed E-state index contributed by atoms with van der Waals surface area (Å²) < 4.78 is 34.2. The molecule has 7 N–H and O–H groups in total. The molecule has 0 saturated carbocycles. The Morgan fingerprint density at radius 1 is 0.452 bits per heavy atom. The third-order valence-corrected chi connectivity index (χ3v) is 12.3. The zero-order chi connectivity index (χ0) is 53.0. The third kappa shape index (κ3) is 32.0. The topological polar surface area (TPSA) is 214 Å². The summed E-state index contributed by atoms with van der Waals surface area (Å²) in [5.41, 5.74) is 0. The van der Waals surface area contributed by atoms with Crippen LogP contribution in [0.15, 0.2) is 109 Å². The summed E-state index contributed by atoms with van der Waals surface area (Å²) in [4.78, 5) is 13.1. The quantitative estimate of drug-likeness (QED) is 0.0173. The van der Waals surface area contributed by atoms with E-state index in [-0.39, 0.29) is 19.6 Å². The molecular formula is C59H96O14. The first kappa shape index (κ1) is 65.8. The Balaban J connectivity index is 1.76. The molecule has 0 aromatic rings. The van der Waals surface area contributed by atoms with Crippen LogP contribution in [0.25, 0.3) is 0 Å². The third-order valence-electron chi connectivity index (χ3n) is 12.3. The largest absolute Gasteiger partial charge is 0.457 e. The number of esters is 1. The molecule has 2 aliphatic heterocycles. The predicted molar refractivity (Wildman–Crippen MR) is 288 cm³/mol. The molecule has 2 aliphatic rings. The second-order valence-corrected chi connectivity index (χ2v) is 18.6. The molecule has 0 bridgehead atoms. The van der Waals surface area contributed by atoms with E-state index >= 15 is 0 Å². The number of unbranched alkanes of at least 4 members (excludes halogenated alkanes) is 10. The molecule has 73 heavy (non-hydrogen) atoms. The van der Waals surface area contributed by atoms with Gasteiger partial charge in [-0.05, 0) is 83.5 Å². The Morgan fingerprint density at radius 2 is 0.849 bits per heavy atom. The van der Waals surface area contributed by atoms with E-state index in [2.05, 4.69) is 117 Å². The lowest BCUT2D eigenvalue weighted by molar-refractivity contribution is -0.332. The standard InChI is InChI=1S/C59H96O14/c1-3-5-7-9-11-13-15-17-19-21-22-23-24-25-26-27-28-30-32-34-36-38-40-42-51(61)71-48(45-68-43-41-39-37-35-33-31-29-20-18-16-14-12-10-8-6-4-2)46-69-58-57(67)55(65)53(63)50(73-58)47-70-59-56(66)54(64)52(62)49(44-60)72-59/h5-8,11-14,17-20,22-23,31,33,37,39,48-50,52-60,62-67H,3-4,9-10,15-16,21,24-30,32,34-36,38,40-47H2,1-2H3/b7-5-,8-6-,13-11-,14-12-,19-17-,20-18-,23-22-,33-31-,39-37-. The molecule has 2 heterocycles. The van der Waals surface area contributed by atoms with Gasteiger partial charge in [-0.3, -0.25) is 4.79 Å². The highest BCUT2D eigenvalue weighted by Gasteiger charge is 2.47. The molecule has 0 aliphatic carbocycles. The number of ether oxygens (including phenoxy) is 6. The molecule has 0 aromatic carbocycles. The van der Waals surface area contributed by atoms with E-state index in [0.717, 1.165) is 83.5 Å². The normalized spacial score (nSPS) is 25.8. The molecule has 0 aromatic heterocycles. The number of carbonyl (C=O) groups is 1. The van der Waals surface area contributed by atoms with Crippen molar-refractivity contribution < 1.29 is 69.0 Å². The molecule has 0 radical (unpaired) electrons. The van der Waals surface area contributed by atoms with Crippen molar-refractivity contribution in [1.29, 1.82) is 0 Å². The Labute approximate surface area is 438 Å². The lowest BCUT2D eigenvalue weighted by atomic mass is 9.98. The number of aliphatic hydroxyl groups excluding tert-OH is 7. The number of allylic oxidation sites excluding steroid dienone is 17. The summed E-state index contributed by atoms with van der Waals surface area (Å²) in [6, 6.07) is 0. The SMILES string of the molecule is CC/C=C\C/C=C\C/C=C\C/C=C\C/C=C\CCOCC(COC1OC(COC2OC(CO)C(O)C(O)C2O)C(O)C(O)C1O)OC(=O)CCCCCCCCCCCC/C=C\C/C=C\C/C=C\C/C=C\CC. The fourth-order valence-electron chi connectivity index (χ4n) is 7.93. The summed E-state index contributed by atoms with van der Waals surface area (Å²) in [5, 5.41) is 72.2. The Morgan fingerprint density at radius 3 is 1.33 bits per heavy atom. The smallest absolute Gasteiger partial charge is 0.306 e. The first-order chi connectivity index (χ1) is 35.6. The summed E-state index contributed by atoms with van der Waals surface area (Å²) in [5.74, 6) is -0.410. The molecule has 2 saturated heterocycles. The van der Waals surface area contributed by atoms with Crippen LogP contribution in [0.2, 0.25) is 0 Å². The molecule has 2 fully saturated rings. The van der Waals surface area contributed by atoms with Crippen LogP contribution in [-0.2, 0) is 33.2 Å². The van der Waals surface area contributed by atoms with E-state index in [4.69, 9.17) is 28.4 Å². The molecule has 14 nitrogen and oxygen atoms in total. The summed E-state index contributed by atoms with van der Waals surface area (Å²) in [6.45, 7) is 3.21. The highest BCUT2D eigenvalue weighted by atomic mass is 16.7. The molecular weight excluding hydrogens is 933 g/mol. The van der Waals surface area contributed by atoms with Crippen molar-refractivity contribution in [3.8, 4) is 0 Å². The van der Waals surface area contributed by atoms with Crippen molar-refractivity contribution in [2.24, 2.45) is 0 Å². The molecule has 11 unspecified atom stereocenters. The van der Waals surface area contributed by atoms with E-state index < -0.39 is 86.7 Å². The van der Waals surface area contributed by atoms with E-state index in [1.807, 2.05) is 6.08 Å². The number of carbonyl (C=O) groups excluding carboxylic acids is 1. The van der Waals surface area contributed by atoms with Crippen LogP contribution >= 0.6 is 0 Å². The maximum absolute atomic E-state index is 13.1. The summed E-state index contributed by atoms with van der Waals surface area (Å²) in [7, 11) is 0. The summed E-state index contributed by atoms with van der Waals surface area (Å²) >= 11 is 0. The predicted octanol–water partition coefficient (Wildman–Crippen LogP) is 9.18. The molecule has 14 heteroatoms. The zero-order valence-corrected chi connectivity index (χ0v) is 44.3. The lowest BCUT2D eigenvalue weighted by Crippen LogP contribution is -2.61. The van der Waals surface area contributed by atoms with Gasteiger partial charge < -0.3 is 64.2 Å². The number of hydrogen-bond donors (Lipinski definition) is 7. The van der Waals surface area contributed by atoms with Crippen LogP contribution in [-0.4, -0.2) is 142 Å². The van der Waals surface area contributed by atoms with Crippen LogP contribution in [0.3, 0.4) is 0 Å². The summed E-state index contributed by atoms with van der Waals surface area (Å²) in [6.07, 6.45) is 44.6. The second kappa shape index (κ2) is 44.9. The Kier molecular flexibility index (Phi) is 40.4. The fraction of sp³-hybridized carbons (Fsp3) is 0.678. The average molecular weight is 1030 g/mol. The van der Waals surface area contributed by atoms with Crippen LogP contribution in [0.1, 0.15) is 155 Å². The highest BCUT2D eigenvalue weighted by molar-refractivity contribution is 5.69. The van der Waals surface area contributed by atoms with Gasteiger partial charge in [0.1, 0.15) is 54.9 Å². The van der Waals surface area contributed by atoms with Gasteiger partial charge in [-0.2, -0.15) is 0 Å². The minimum Gasteiger partial charge on any atom is -0.457 e. The molecule has 2 rings (SSSR count). The zero-order valence-electron chi connectivity index (χ0n) is 44.3. The highest BCUT2D eigenvalue weighted by Crippen LogP contribution is 2.26. The van der Waals surface area contributed by atoms with Crippen LogP contribution in [0.4, 0.5) is 0 Å². The first-order valence-corrected chi connectivity index (χ1v) is 27.5. The monoisotopic (exact) mass is 1030 g/mol. The lowest BCUT2D eigenvalue weighted by Gasteiger charge is -2.42. The average Bonchev–Trinajstić information content (AvgIpc) is 3.39. The van der Waals surface area contributed by atoms with E-state index in [1.165, 1.54) is 38.5 Å².